The summed E-state index contributed by atoms with van der Waals surface area (Å²) in [6, 6.07) is 14.9. The van der Waals surface area contributed by atoms with Gasteiger partial charge in [-0.25, -0.2) is 13.8 Å². The Morgan fingerprint density at radius 3 is 2.40 bits per heavy atom. The van der Waals surface area contributed by atoms with Crippen molar-refractivity contribution >= 4 is 45.8 Å². The van der Waals surface area contributed by atoms with Crippen LogP contribution < -0.4 is 14.8 Å². The number of amides is 4. The average Bonchev–Trinajstić information content (AvgIpc) is 4.08. The molecule has 2 aliphatic carbocycles. The molecule has 0 bridgehead atoms. The number of carbonyl (C=O) groups excluding carboxylic acids is 4. The number of fused-ring (bicyclic) bond motifs is 1. The highest BCUT2D eigenvalue weighted by atomic mass is 32.2. The maximum absolute atomic E-state index is 14.7. The van der Waals surface area contributed by atoms with E-state index >= 15 is 0 Å². The van der Waals surface area contributed by atoms with Crippen LogP contribution in [-0.2, 0) is 30.4 Å². The number of hydrogen-bond acceptors (Lipinski definition) is 9. The number of rotatable bonds is 13. The number of aromatic nitrogens is 1. The Morgan fingerprint density at radius 2 is 1.82 bits per heavy atom. The number of halogens is 2. The molecule has 2 unspecified atom stereocenters. The van der Waals surface area contributed by atoms with Gasteiger partial charge in [-0.3, -0.25) is 27.7 Å². The summed E-state index contributed by atoms with van der Waals surface area (Å²) in [5.41, 5.74) is -0.414. The number of nitrogens with one attached hydrogen (secondary N) is 1. The summed E-state index contributed by atoms with van der Waals surface area (Å²) in [6.45, 7) is 7.52. The third-order valence-corrected chi connectivity index (χ3v) is 12.2. The molecule has 2 aromatic carbocycles. The molecule has 7 rings (SSSR count). The number of hydrogen-bond donors (Lipinski definition) is 1. The van der Waals surface area contributed by atoms with Gasteiger partial charge in [0.25, 0.3) is 11.8 Å². The van der Waals surface area contributed by atoms with E-state index in [-0.39, 0.29) is 25.8 Å². The van der Waals surface area contributed by atoms with E-state index in [4.69, 9.17) is 14.5 Å². The molecule has 16 heteroatoms. The van der Waals surface area contributed by atoms with Crippen molar-refractivity contribution in [2.75, 3.05) is 26.7 Å². The lowest BCUT2D eigenvalue weighted by Gasteiger charge is -2.41. The van der Waals surface area contributed by atoms with Crippen LogP contribution in [0.4, 0.5) is 8.78 Å². The SMILES string of the molecule is C=CC1C[C@]1(NC(=O)[C@@H]1C[C@@H](Oc2cc(-c3ccccc3)nc3cc(OC)ccc23)CN1C(=O)[C@@H](CC(=O)N1CC(F)(F)C1)C(C)(C)C)C(=O)N(C1CC1)S(=O)[O-]. The monoisotopic (exact) mass is 806 g/mol. The highest BCUT2D eigenvalue weighted by molar-refractivity contribution is 7.77. The molecule has 0 radical (unpaired) electrons. The topological polar surface area (TPSA) is 162 Å². The Labute approximate surface area is 332 Å². The van der Waals surface area contributed by atoms with Crippen LogP contribution in [0.3, 0.4) is 0 Å². The van der Waals surface area contributed by atoms with Gasteiger partial charge in [-0.1, -0.05) is 57.2 Å². The van der Waals surface area contributed by atoms with E-state index in [1.165, 1.54) is 11.0 Å². The number of nitrogens with zero attached hydrogens (tertiary/aromatic N) is 4. The van der Waals surface area contributed by atoms with E-state index < -0.39 is 94.9 Å². The van der Waals surface area contributed by atoms with Crippen molar-refractivity contribution < 1.29 is 46.2 Å². The Hall–Kier alpha value is -4.96. The van der Waals surface area contributed by atoms with Crippen LogP contribution in [0.2, 0.25) is 0 Å². The van der Waals surface area contributed by atoms with Gasteiger partial charge in [0.15, 0.2) is 0 Å². The zero-order valence-corrected chi connectivity index (χ0v) is 33.1. The average molecular weight is 807 g/mol. The Balaban J connectivity index is 1.22. The van der Waals surface area contributed by atoms with Crippen LogP contribution in [-0.4, -0.2) is 108 Å². The van der Waals surface area contributed by atoms with E-state index in [0.717, 1.165) is 14.8 Å². The molecule has 6 atom stereocenters. The predicted molar refractivity (Wildman–Crippen MR) is 205 cm³/mol. The van der Waals surface area contributed by atoms with Crippen LogP contribution in [0.1, 0.15) is 52.9 Å². The quantitative estimate of drug-likeness (QED) is 0.192. The molecule has 0 spiro atoms. The van der Waals surface area contributed by atoms with E-state index in [1.54, 1.807) is 52.1 Å². The number of pyridine rings is 1. The van der Waals surface area contributed by atoms with Gasteiger partial charge in [0.05, 0.1) is 55.1 Å². The smallest absolute Gasteiger partial charge is 0.282 e. The number of methoxy groups -OCH3 is 1. The molecule has 1 N–H and O–H groups in total. The molecule has 4 aliphatic rings. The summed E-state index contributed by atoms with van der Waals surface area (Å²) >= 11 is -2.87. The highest BCUT2D eigenvalue weighted by Gasteiger charge is 2.63. The maximum Gasteiger partial charge on any atom is 0.282 e. The maximum atomic E-state index is 14.7. The molecular formula is C41H46F2N5O8S-. The number of carbonyl (C=O) groups is 4. The summed E-state index contributed by atoms with van der Waals surface area (Å²) in [5.74, 6) is -6.17. The van der Waals surface area contributed by atoms with Crippen molar-refractivity contribution in [2.45, 2.75) is 82.5 Å². The Bertz CT molecular complexity index is 2120. The molecule has 2 aliphatic heterocycles. The summed E-state index contributed by atoms with van der Waals surface area (Å²) < 4.78 is 64.8. The Morgan fingerprint density at radius 1 is 1.12 bits per heavy atom. The molecule has 2 saturated heterocycles. The van der Waals surface area contributed by atoms with E-state index in [1.807, 2.05) is 30.3 Å². The first-order valence-electron chi connectivity index (χ1n) is 19.0. The van der Waals surface area contributed by atoms with Gasteiger partial charge in [0.2, 0.25) is 17.7 Å². The lowest BCUT2D eigenvalue weighted by molar-refractivity contribution is -0.169. The molecular weight excluding hydrogens is 761 g/mol. The van der Waals surface area contributed by atoms with Crippen molar-refractivity contribution in [1.29, 1.82) is 0 Å². The van der Waals surface area contributed by atoms with Gasteiger partial charge in [-0.15, -0.1) is 6.58 Å². The second-order valence-corrected chi connectivity index (χ2v) is 17.4. The largest absolute Gasteiger partial charge is 0.755 e. The normalized spacial score (nSPS) is 24.9. The minimum absolute atomic E-state index is 0.0236. The van der Waals surface area contributed by atoms with E-state index in [2.05, 4.69) is 11.9 Å². The van der Waals surface area contributed by atoms with Gasteiger partial charge in [-0.2, -0.15) is 0 Å². The first-order chi connectivity index (χ1) is 26.9. The summed E-state index contributed by atoms with van der Waals surface area (Å²) in [4.78, 5) is 63.6. The van der Waals surface area contributed by atoms with Crippen molar-refractivity contribution in [2.24, 2.45) is 17.3 Å². The summed E-state index contributed by atoms with van der Waals surface area (Å²) in [6.07, 6.45) is 1.48. The van der Waals surface area contributed by atoms with Gasteiger partial charge in [0, 0.05) is 47.9 Å². The first kappa shape index (κ1) is 40.2. The van der Waals surface area contributed by atoms with Gasteiger partial charge < -0.3 is 29.1 Å². The van der Waals surface area contributed by atoms with Crippen LogP contribution in [0.25, 0.3) is 22.2 Å². The van der Waals surface area contributed by atoms with E-state index in [9.17, 15) is 36.7 Å². The van der Waals surface area contributed by atoms with Crippen LogP contribution in [0.5, 0.6) is 11.5 Å². The minimum atomic E-state index is -2.99. The molecule has 3 aromatic rings. The van der Waals surface area contributed by atoms with Crippen LogP contribution in [0.15, 0.2) is 67.3 Å². The summed E-state index contributed by atoms with van der Waals surface area (Å²) in [5, 5.41) is 3.47. The lowest BCUT2D eigenvalue weighted by Crippen LogP contribution is -2.59. The standard InChI is InChI=1S/C41H47F2N5O8S/c1-6-25-20-41(25,38(52)48(57(53)54)26-12-13-26)45-36(50)33-17-28(21-47(33)37(51)30(39(2,3)4)18-35(49)46-22-40(42,43)23-46)56-34-19-31(24-10-8-7-9-11-24)44-32-16-27(55-5)14-15-29(32)34/h6-11,14-16,19,25-26,28,30,33H,1,12-13,17-18,20-23H2,2-5H3,(H,45,50)(H,53,54)/p-1/t25?,28-,30-,33+,41-/m1/s1. The number of benzene rings is 2. The third-order valence-electron chi connectivity index (χ3n) is 11.4. The second-order valence-electron chi connectivity index (χ2n) is 16.6. The fourth-order valence-corrected chi connectivity index (χ4v) is 8.60. The number of alkyl halides is 2. The predicted octanol–water partition coefficient (Wildman–Crippen LogP) is 4.63. The molecule has 304 valence electrons. The molecule has 4 fully saturated rings. The van der Waals surface area contributed by atoms with Crippen molar-refractivity contribution in [3.05, 3.63) is 67.3 Å². The third kappa shape index (κ3) is 8.11. The molecule has 57 heavy (non-hydrogen) atoms. The van der Waals surface area contributed by atoms with Gasteiger partial charge in [0.1, 0.15) is 29.2 Å². The fourth-order valence-electron chi connectivity index (χ4n) is 7.85. The van der Waals surface area contributed by atoms with Gasteiger partial charge in [-0.05, 0) is 36.8 Å². The lowest BCUT2D eigenvalue weighted by atomic mass is 9.77. The molecule has 2 saturated carbocycles. The minimum Gasteiger partial charge on any atom is -0.755 e. The van der Waals surface area contributed by atoms with Crippen LogP contribution >= 0.6 is 0 Å². The highest BCUT2D eigenvalue weighted by Crippen LogP contribution is 2.48. The van der Waals surface area contributed by atoms with Crippen LogP contribution in [0, 0.1) is 17.3 Å². The molecule has 3 heterocycles. The number of likely N-dealkylation sites (tertiary alicyclic amines) is 2. The van der Waals surface area contributed by atoms with Crippen molar-refractivity contribution in [3.8, 4) is 22.8 Å². The van der Waals surface area contributed by atoms with Gasteiger partial charge >= 0.3 is 0 Å². The second kappa shape index (κ2) is 15.1. The zero-order valence-electron chi connectivity index (χ0n) is 32.2. The molecule has 13 nitrogen and oxygen atoms in total. The molecule has 4 amide bonds. The fraction of sp³-hybridized carbons (Fsp3) is 0.488. The summed E-state index contributed by atoms with van der Waals surface area (Å²) in [7, 11) is 1.55. The van der Waals surface area contributed by atoms with E-state index in [0.29, 0.717) is 40.9 Å². The van der Waals surface area contributed by atoms with Crippen molar-refractivity contribution in [1.82, 2.24) is 24.4 Å². The first-order valence-corrected chi connectivity index (χ1v) is 20.0. The number of ether oxygens (including phenoxy) is 2. The van der Waals surface area contributed by atoms with Crippen molar-refractivity contribution in [3.63, 3.8) is 0 Å². The zero-order chi connectivity index (χ0) is 41.0. The Kier molecular flexibility index (Phi) is 10.7. The molecule has 1 aromatic heterocycles.